The van der Waals surface area contributed by atoms with Crippen molar-refractivity contribution >= 4 is 11.0 Å². The Morgan fingerprint density at radius 1 is 0.946 bits per heavy atom. The minimum Gasteiger partial charge on any atom is -0.395 e. The van der Waals surface area contributed by atoms with Crippen LogP contribution in [0.15, 0.2) is 54.7 Å². The molecule has 0 spiro atoms. The number of nitrogens with zero attached hydrogens (tertiary/aromatic N) is 3. The zero-order chi connectivity index (χ0) is 25.2. The number of aromatic nitrogens is 3. The second-order valence-electron chi connectivity index (χ2n) is 11.0. The first-order valence-electron chi connectivity index (χ1n) is 13.8. The van der Waals surface area contributed by atoms with E-state index in [-0.39, 0.29) is 6.61 Å². The number of aryl methyl sites for hydroxylation is 2. The van der Waals surface area contributed by atoms with Crippen LogP contribution in [0.3, 0.4) is 0 Å². The van der Waals surface area contributed by atoms with Gasteiger partial charge >= 0.3 is 0 Å². The van der Waals surface area contributed by atoms with E-state index < -0.39 is 0 Å². The molecule has 4 aromatic rings. The fourth-order valence-electron chi connectivity index (χ4n) is 6.17. The molecule has 3 heterocycles. The highest BCUT2D eigenvalue weighted by Gasteiger charge is 2.34. The SMILES string of the molecule is CC1(N2CCCC2)CCc2ccc(-c3cnc4n[nH]c(-c5ccc(CNCCO)cc5)c4c3)cc2CC1. The Labute approximate surface area is 219 Å². The van der Waals surface area contributed by atoms with Gasteiger partial charge in [0.1, 0.15) is 0 Å². The molecule has 6 rings (SSSR count). The molecular weight excluding hydrogens is 458 g/mol. The van der Waals surface area contributed by atoms with Gasteiger partial charge in [-0.2, -0.15) is 5.10 Å². The molecule has 2 aromatic heterocycles. The smallest absolute Gasteiger partial charge is 0.181 e. The van der Waals surface area contributed by atoms with Gasteiger partial charge in [0.15, 0.2) is 5.65 Å². The van der Waals surface area contributed by atoms with Crippen LogP contribution >= 0.6 is 0 Å². The third-order valence-corrected chi connectivity index (χ3v) is 8.54. The predicted molar refractivity (Wildman–Crippen MR) is 149 cm³/mol. The highest BCUT2D eigenvalue weighted by Crippen LogP contribution is 2.36. The number of aliphatic hydroxyl groups is 1. The number of benzene rings is 2. The minimum atomic E-state index is 0.149. The topological polar surface area (TPSA) is 77.1 Å². The summed E-state index contributed by atoms with van der Waals surface area (Å²) < 4.78 is 0. The summed E-state index contributed by atoms with van der Waals surface area (Å²) in [5.41, 5.74) is 9.72. The third-order valence-electron chi connectivity index (χ3n) is 8.54. The molecule has 192 valence electrons. The summed E-state index contributed by atoms with van der Waals surface area (Å²) >= 11 is 0. The Morgan fingerprint density at radius 3 is 2.49 bits per heavy atom. The van der Waals surface area contributed by atoms with Gasteiger partial charge in [-0.3, -0.25) is 10.00 Å². The van der Waals surface area contributed by atoms with Gasteiger partial charge in [0.05, 0.1) is 12.3 Å². The van der Waals surface area contributed by atoms with Crippen LogP contribution in [0.25, 0.3) is 33.4 Å². The van der Waals surface area contributed by atoms with Crippen LogP contribution < -0.4 is 5.32 Å². The van der Waals surface area contributed by atoms with Crippen LogP contribution in [-0.2, 0) is 19.4 Å². The maximum absolute atomic E-state index is 8.97. The molecular formula is C31H37N5O. The van der Waals surface area contributed by atoms with Crippen molar-refractivity contribution in [2.24, 2.45) is 0 Å². The molecule has 2 aromatic carbocycles. The van der Waals surface area contributed by atoms with Crippen LogP contribution in [0.1, 0.15) is 49.3 Å². The summed E-state index contributed by atoms with van der Waals surface area (Å²) in [6.07, 6.45) is 9.45. The summed E-state index contributed by atoms with van der Waals surface area (Å²) in [5, 5.41) is 20.9. The Kier molecular flexibility index (Phi) is 6.80. The lowest BCUT2D eigenvalue weighted by Crippen LogP contribution is -2.44. The van der Waals surface area contributed by atoms with Crippen molar-refractivity contribution in [3.05, 3.63) is 71.4 Å². The van der Waals surface area contributed by atoms with Crippen LogP contribution in [0, 0.1) is 0 Å². The molecule has 3 N–H and O–H groups in total. The van der Waals surface area contributed by atoms with Crippen molar-refractivity contribution in [1.82, 2.24) is 25.4 Å². The monoisotopic (exact) mass is 495 g/mol. The number of pyridine rings is 1. The largest absolute Gasteiger partial charge is 0.395 e. The lowest BCUT2D eigenvalue weighted by Gasteiger charge is -2.38. The van der Waals surface area contributed by atoms with E-state index in [0.29, 0.717) is 12.1 Å². The van der Waals surface area contributed by atoms with Gasteiger partial charge in [0, 0.05) is 41.3 Å². The van der Waals surface area contributed by atoms with Crippen molar-refractivity contribution in [3.63, 3.8) is 0 Å². The minimum absolute atomic E-state index is 0.149. The molecule has 0 saturated carbocycles. The molecule has 6 heteroatoms. The van der Waals surface area contributed by atoms with Crippen LogP contribution in [0.4, 0.5) is 0 Å². The van der Waals surface area contributed by atoms with E-state index in [1.54, 1.807) is 0 Å². The summed E-state index contributed by atoms with van der Waals surface area (Å²) in [5.74, 6) is 0. The van der Waals surface area contributed by atoms with Gasteiger partial charge in [-0.15, -0.1) is 0 Å². The first-order chi connectivity index (χ1) is 18.1. The lowest BCUT2D eigenvalue weighted by molar-refractivity contribution is 0.118. The maximum Gasteiger partial charge on any atom is 0.181 e. The highest BCUT2D eigenvalue weighted by molar-refractivity contribution is 5.93. The standard InChI is InChI=1S/C31H37N5O/c1-31(36-15-2-3-16-36)12-10-23-8-9-25(18-26(23)11-13-31)27-19-28-29(34-35-30(28)33-21-27)24-6-4-22(5-7-24)20-32-14-17-37/h4-9,18-19,21,32,37H,2-3,10-17,20H2,1H3,(H,33,34,35). The van der Waals surface area contributed by atoms with E-state index in [1.165, 1.54) is 61.0 Å². The van der Waals surface area contributed by atoms with Gasteiger partial charge in [0.25, 0.3) is 0 Å². The normalized spacial score (nSPS) is 20.3. The van der Waals surface area contributed by atoms with Gasteiger partial charge in [0.2, 0.25) is 0 Å². The number of aromatic amines is 1. The second-order valence-corrected chi connectivity index (χ2v) is 11.0. The Balaban J connectivity index is 1.25. The predicted octanol–water partition coefficient (Wildman–Crippen LogP) is 5.11. The summed E-state index contributed by atoms with van der Waals surface area (Å²) in [6.45, 7) is 6.51. The highest BCUT2D eigenvalue weighted by atomic mass is 16.3. The quantitative estimate of drug-likeness (QED) is 0.245. The molecule has 0 bridgehead atoms. The zero-order valence-corrected chi connectivity index (χ0v) is 21.8. The van der Waals surface area contributed by atoms with E-state index >= 15 is 0 Å². The number of rotatable bonds is 7. The summed E-state index contributed by atoms with van der Waals surface area (Å²) in [7, 11) is 0. The molecule has 0 radical (unpaired) electrons. The lowest BCUT2D eigenvalue weighted by atomic mass is 9.90. The van der Waals surface area contributed by atoms with Gasteiger partial charge in [-0.25, -0.2) is 4.98 Å². The molecule has 6 nitrogen and oxygen atoms in total. The zero-order valence-electron chi connectivity index (χ0n) is 21.8. The summed E-state index contributed by atoms with van der Waals surface area (Å²) in [6, 6.07) is 17.7. The molecule has 1 unspecified atom stereocenters. The fourth-order valence-corrected chi connectivity index (χ4v) is 6.17. The van der Waals surface area contributed by atoms with Gasteiger partial charge in [-0.1, -0.05) is 42.5 Å². The van der Waals surface area contributed by atoms with Crippen LogP contribution in [0.2, 0.25) is 0 Å². The van der Waals surface area contributed by atoms with E-state index in [0.717, 1.165) is 47.2 Å². The Hall–Kier alpha value is -3.06. The number of likely N-dealkylation sites (tertiary alicyclic amines) is 1. The van der Waals surface area contributed by atoms with E-state index in [1.807, 2.05) is 6.20 Å². The molecule has 1 aliphatic heterocycles. The molecule has 1 aliphatic carbocycles. The molecule has 1 atom stereocenters. The number of hydrogen-bond acceptors (Lipinski definition) is 5. The van der Waals surface area contributed by atoms with Crippen LogP contribution in [0.5, 0.6) is 0 Å². The molecule has 2 aliphatic rings. The fraction of sp³-hybridized carbons (Fsp3) is 0.419. The Bertz CT molecular complexity index is 1370. The molecule has 0 amide bonds. The average molecular weight is 496 g/mol. The Morgan fingerprint density at radius 2 is 1.70 bits per heavy atom. The van der Waals surface area contributed by atoms with Crippen molar-refractivity contribution in [2.75, 3.05) is 26.2 Å². The first-order valence-corrected chi connectivity index (χ1v) is 13.8. The van der Waals surface area contributed by atoms with Crippen molar-refractivity contribution in [2.45, 2.75) is 57.5 Å². The van der Waals surface area contributed by atoms with Crippen LogP contribution in [-0.4, -0.2) is 57.0 Å². The number of hydrogen-bond donors (Lipinski definition) is 3. The molecule has 1 saturated heterocycles. The molecule has 37 heavy (non-hydrogen) atoms. The van der Waals surface area contributed by atoms with E-state index in [2.05, 4.69) is 75.9 Å². The molecule has 1 fully saturated rings. The van der Waals surface area contributed by atoms with E-state index in [4.69, 9.17) is 10.1 Å². The first kappa shape index (κ1) is 24.3. The number of H-pyrrole nitrogens is 1. The number of aliphatic hydroxyl groups excluding tert-OH is 1. The van der Waals surface area contributed by atoms with Crippen molar-refractivity contribution < 1.29 is 5.11 Å². The average Bonchev–Trinajstić information content (AvgIpc) is 3.59. The van der Waals surface area contributed by atoms with Gasteiger partial charge < -0.3 is 10.4 Å². The number of fused-ring (bicyclic) bond motifs is 2. The van der Waals surface area contributed by atoms with Gasteiger partial charge in [-0.05, 0) is 86.9 Å². The maximum atomic E-state index is 8.97. The third kappa shape index (κ3) is 4.93. The number of nitrogens with one attached hydrogen (secondary N) is 2. The van der Waals surface area contributed by atoms with Crippen molar-refractivity contribution in [3.8, 4) is 22.4 Å². The van der Waals surface area contributed by atoms with Crippen molar-refractivity contribution in [1.29, 1.82) is 0 Å². The second kappa shape index (κ2) is 10.4. The van der Waals surface area contributed by atoms with E-state index in [9.17, 15) is 0 Å². The summed E-state index contributed by atoms with van der Waals surface area (Å²) in [4.78, 5) is 7.44.